The van der Waals surface area contributed by atoms with Crippen LogP contribution in [0.4, 0.5) is 0 Å². The molecule has 0 saturated carbocycles. The predicted molar refractivity (Wildman–Crippen MR) is 42.0 cm³/mol. The lowest BCUT2D eigenvalue weighted by Gasteiger charge is -2.24. The summed E-state index contributed by atoms with van der Waals surface area (Å²) in [4.78, 5) is 2.27. The van der Waals surface area contributed by atoms with Gasteiger partial charge in [0.05, 0.1) is 12.1 Å². The van der Waals surface area contributed by atoms with Crippen molar-refractivity contribution in [1.82, 2.24) is 4.90 Å². The Morgan fingerprint density at radius 2 is 2.40 bits per heavy atom. The van der Waals surface area contributed by atoms with Crippen LogP contribution >= 0.6 is 0 Å². The molecule has 0 aromatic heterocycles. The van der Waals surface area contributed by atoms with Gasteiger partial charge < -0.3 is 4.74 Å². The van der Waals surface area contributed by atoms with Gasteiger partial charge in [-0.05, 0) is 14.0 Å². The van der Waals surface area contributed by atoms with Crippen LogP contribution in [0.2, 0.25) is 0 Å². The summed E-state index contributed by atoms with van der Waals surface area (Å²) >= 11 is 0. The maximum Gasteiger partial charge on any atom is 0.0734 e. The van der Waals surface area contributed by atoms with Crippen molar-refractivity contribution in [2.75, 3.05) is 20.7 Å². The number of rotatable bonds is 2. The minimum atomic E-state index is 0.309. The van der Waals surface area contributed by atoms with Crippen LogP contribution in [0, 0.1) is 0 Å². The quantitative estimate of drug-likeness (QED) is 0.529. The van der Waals surface area contributed by atoms with E-state index < -0.39 is 0 Å². The zero-order chi connectivity index (χ0) is 7.56. The Labute approximate surface area is 62.5 Å². The first-order chi connectivity index (χ1) is 4.75. The first kappa shape index (κ1) is 7.76. The monoisotopic (exact) mass is 141 g/mol. The molecule has 2 nitrogen and oxygen atoms in total. The molecule has 0 N–H and O–H groups in total. The van der Waals surface area contributed by atoms with E-state index in [0.29, 0.717) is 12.1 Å². The maximum atomic E-state index is 5.21. The fraction of sp³-hybridized carbons (Fsp3) is 0.750. The van der Waals surface area contributed by atoms with Crippen LogP contribution in [0.3, 0.4) is 0 Å². The molecule has 0 amide bonds. The molecule has 0 aromatic rings. The molecule has 0 bridgehead atoms. The molecule has 0 fully saturated rings. The topological polar surface area (TPSA) is 12.5 Å². The number of methoxy groups -OCH3 is 1. The van der Waals surface area contributed by atoms with Crippen LogP contribution in [0.15, 0.2) is 12.2 Å². The van der Waals surface area contributed by atoms with Gasteiger partial charge in [-0.15, -0.1) is 0 Å². The van der Waals surface area contributed by atoms with Gasteiger partial charge in [-0.1, -0.05) is 12.2 Å². The summed E-state index contributed by atoms with van der Waals surface area (Å²) in [6, 6.07) is 0.477. The molecule has 1 rings (SSSR count). The minimum Gasteiger partial charge on any atom is -0.380 e. The Morgan fingerprint density at radius 1 is 1.70 bits per heavy atom. The largest absolute Gasteiger partial charge is 0.380 e. The highest BCUT2D eigenvalue weighted by Crippen LogP contribution is 2.12. The molecule has 1 heterocycles. The van der Waals surface area contributed by atoms with Crippen molar-refractivity contribution in [3.63, 3.8) is 0 Å². The highest BCUT2D eigenvalue weighted by atomic mass is 16.5. The van der Waals surface area contributed by atoms with Crippen LogP contribution in [0.1, 0.15) is 6.92 Å². The molecule has 1 aliphatic rings. The second-order valence-electron chi connectivity index (χ2n) is 2.80. The van der Waals surface area contributed by atoms with E-state index in [4.69, 9.17) is 4.74 Å². The summed E-state index contributed by atoms with van der Waals surface area (Å²) < 4.78 is 5.21. The Kier molecular flexibility index (Phi) is 2.46. The van der Waals surface area contributed by atoms with Gasteiger partial charge in [-0.25, -0.2) is 0 Å². The second kappa shape index (κ2) is 3.17. The van der Waals surface area contributed by atoms with Crippen molar-refractivity contribution >= 4 is 0 Å². The third-order valence-electron chi connectivity index (χ3n) is 2.09. The summed E-state index contributed by atoms with van der Waals surface area (Å²) in [5, 5.41) is 0. The van der Waals surface area contributed by atoms with Crippen molar-refractivity contribution in [3.05, 3.63) is 12.2 Å². The van der Waals surface area contributed by atoms with Crippen LogP contribution in [-0.2, 0) is 4.74 Å². The Morgan fingerprint density at radius 3 is 2.80 bits per heavy atom. The number of ether oxygens (including phenoxy) is 1. The van der Waals surface area contributed by atoms with Gasteiger partial charge in [0.1, 0.15) is 0 Å². The molecule has 10 heavy (non-hydrogen) atoms. The van der Waals surface area contributed by atoms with Crippen LogP contribution in [0.5, 0.6) is 0 Å². The molecule has 0 spiro atoms. The third kappa shape index (κ3) is 1.39. The van der Waals surface area contributed by atoms with Gasteiger partial charge >= 0.3 is 0 Å². The van der Waals surface area contributed by atoms with Gasteiger partial charge in [-0.3, -0.25) is 4.90 Å². The van der Waals surface area contributed by atoms with E-state index in [9.17, 15) is 0 Å². The van der Waals surface area contributed by atoms with Crippen LogP contribution in [0.25, 0.3) is 0 Å². The fourth-order valence-electron chi connectivity index (χ4n) is 1.29. The molecule has 2 heteroatoms. The summed E-state index contributed by atoms with van der Waals surface area (Å²) in [6.45, 7) is 3.15. The summed E-state index contributed by atoms with van der Waals surface area (Å²) in [6.07, 6.45) is 4.69. The zero-order valence-electron chi connectivity index (χ0n) is 6.87. The Bertz CT molecular complexity index is 133. The van der Waals surface area contributed by atoms with Gasteiger partial charge in [0, 0.05) is 13.7 Å². The second-order valence-corrected chi connectivity index (χ2v) is 2.80. The van der Waals surface area contributed by atoms with E-state index in [1.54, 1.807) is 7.11 Å². The molecule has 0 unspecified atom stereocenters. The molecule has 1 aliphatic heterocycles. The molecule has 0 radical (unpaired) electrons. The molecular weight excluding hydrogens is 126 g/mol. The van der Waals surface area contributed by atoms with Crippen molar-refractivity contribution in [2.45, 2.75) is 19.1 Å². The highest BCUT2D eigenvalue weighted by Gasteiger charge is 2.21. The van der Waals surface area contributed by atoms with Gasteiger partial charge in [0.2, 0.25) is 0 Å². The first-order valence-electron chi connectivity index (χ1n) is 3.65. The lowest BCUT2D eigenvalue weighted by molar-refractivity contribution is 0.0652. The molecule has 0 aliphatic carbocycles. The summed E-state index contributed by atoms with van der Waals surface area (Å²) in [7, 11) is 3.87. The van der Waals surface area contributed by atoms with Gasteiger partial charge in [-0.2, -0.15) is 0 Å². The highest BCUT2D eigenvalue weighted by molar-refractivity contribution is 5.05. The number of nitrogens with zero attached hydrogens (tertiary/aromatic N) is 1. The summed E-state index contributed by atoms with van der Waals surface area (Å²) in [5.41, 5.74) is 0. The van der Waals surface area contributed by atoms with Gasteiger partial charge in [0.25, 0.3) is 0 Å². The third-order valence-corrected chi connectivity index (χ3v) is 2.09. The SMILES string of the molecule is CO[C@@H](C)[C@@H]1C=CCN1C. The fourth-order valence-corrected chi connectivity index (χ4v) is 1.29. The molecule has 0 aromatic carbocycles. The maximum absolute atomic E-state index is 5.21. The van der Waals surface area contributed by atoms with E-state index in [2.05, 4.69) is 31.0 Å². The smallest absolute Gasteiger partial charge is 0.0734 e. The van der Waals surface area contributed by atoms with E-state index >= 15 is 0 Å². The van der Waals surface area contributed by atoms with Gasteiger partial charge in [0.15, 0.2) is 0 Å². The number of hydrogen-bond donors (Lipinski definition) is 0. The number of hydrogen-bond acceptors (Lipinski definition) is 2. The zero-order valence-corrected chi connectivity index (χ0v) is 6.87. The normalized spacial score (nSPS) is 29.3. The first-order valence-corrected chi connectivity index (χ1v) is 3.65. The van der Waals surface area contributed by atoms with Crippen LogP contribution in [-0.4, -0.2) is 37.7 Å². The number of likely N-dealkylation sites (N-methyl/N-ethyl adjacent to an activating group) is 1. The Hall–Kier alpha value is -0.340. The lowest BCUT2D eigenvalue weighted by atomic mass is 10.2. The van der Waals surface area contributed by atoms with E-state index in [-0.39, 0.29) is 0 Å². The van der Waals surface area contributed by atoms with E-state index in [1.165, 1.54) is 0 Å². The minimum absolute atomic E-state index is 0.309. The predicted octanol–water partition coefficient (Wildman–Crippen LogP) is 0.891. The van der Waals surface area contributed by atoms with Crippen molar-refractivity contribution < 1.29 is 4.74 Å². The molecule has 2 atom stereocenters. The standard InChI is InChI=1S/C8H15NO/c1-7(10-3)8-5-4-6-9(8)2/h4-5,7-8H,6H2,1-3H3/t7-,8-/m0/s1. The van der Waals surface area contributed by atoms with E-state index in [1.807, 2.05) is 0 Å². The van der Waals surface area contributed by atoms with Crippen molar-refractivity contribution in [3.8, 4) is 0 Å². The lowest BCUT2D eigenvalue weighted by Crippen LogP contribution is -2.35. The van der Waals surface area contributed by atoms with Crippen LogP contribution < -0.4 is 0 Å². The average molecular weight is 141 g/mol. The Balaban J connectivity index is 2.46. The molecular formula is C8H15NO. The van der Waals surface area contributed by atoms with Crippen molar-refractivity contribution in [2.24, 2.45) is 0 Å². The van der Waals surface area contributed by atoms with Crippen molar-refractivity contribution in [1.29, 1.82) is 0 Å². The summed E-state index contributed by atoms with van der Waals surface area (Å²) in [5.74, 6) is 0. The van der Waals surface area contributed by atoms with E-state index in [0.717, 1.165) is 6.54 Å². The molecule has 58 valence electrons. The average Bonchev–Trinajstić information content (AvgIpc) is 2.34. The molecule has 0 saturated heterocycles.